The van der Waals surface area contributed by atoms with Gasteiger partial charge in [-0.05, 0) is 52.8 Å². The lowest BCUT2D eigenvalue weighted by molar-refractivity contribution is 0.414. The fourth-order valence-electron chi connectivity index (χ4n) is 2.01. The average molecular weight is 459 g/mol. The number of hydrogen-bond donors (Lipinski definition) is 1. The number of nitrogens with zero attached hydrogens (tertiary/aromatic N) is 3. The van der Waals surface area contributed by atoms with Gasteiger partial charge in [0, 0.05) is 11.8 Å². The maximum absolute atomic E-state index is 5.98. The molecule has 0 aliphatic carbocycles. The molecule has 0 aliphatic rings. The van der Waals surface area contributed by atoms with E-state index in [2.05, 4.69) is 27.7 Å². The Kier molecular flexibility index (Phi) is 7.11. The number of ether oxygens (including phenoxy) is 1. The molecule has 0 aliphatic heterocycles. The maximum Gasteiger partial charge on any atom is 0.152 e. The van der Waals surface area contributed by atoms with Gasteiger partial charge in [-0.25, -0.2) is 0 Å². The lowest BCUT2D eigenvalue weighted by Gasteiger charge is -2.07. The summed E-state index contributed by atoms with van der Waals surface area (Å²) in [5.74, 6) is 0.832. The van der Waals surface area contributed by atoms with Crippen LogP contribution in [0.25, 0.3) is 0 Å². The standard InChI is InChI=1S/C17H20ClIN4O/c1-3-13(20)8-14(11-23-17(19)9-16(18)22-23)21-10-12-4-6-15(24-2)7-5-12/h4-9H,3,10-11,20H2,1-2H3. The first-order valence-electron chi connectivity index (χ1n) is 7.53. The predicted octanol–water partition coefficient (Wildman–Crippen LogP) is 4.04. The summed E-state index contributed by atoms with van der Waals surface area (Å²) in [4.78, 5) is 4.70. The van der Waals surface area contributed by atoms with Gasteiger partial charge in [0.15, 0.2) is 5.15 Å². The van der Waals surface area contributed by atoms with Gasteiger partial charge in [-0.2, -0.15) is 5.10 Å². The van der Waals surface area contributed by atoms with Crippen molar-refractivity contribution in [2.75, 3.05) is 7.11 Å². The number of aromatic nitrogens is 2. The highest BCUT2D eigenvalue weighted by Crippen LogP contribution is 2.14. The molecule has 2 aromatic rings. The summed E-state index contributed by atoms with van der Waals surface area (Å²) in [5.41, 5.74) is 8.74. The van der Waals surface area contributed by atoms with Crippen molar-refractivity contribution in [3.8, 4) is 5.75 Å². The smallest absolute Gasteiger partial charge is 0.152 e. The fourth-order valence-corrected chi connectivity index (χ4v) is 2.96. The topological polar surface area (TPSA) is 65.4 Å². The lowest BCUT2D eigenvalue weighted by atomic mass is 10.2. The van der Waals surface area contributed by atoms with Gasteiger partial charge >= 0.3 is 0 Å². The van der Waals surface area contributed by atoms with Crippen molar-refractivity contribution < 1.29 is 4.74 Å². The first-order chi connectivity index (χ1) is 11.5. The Morgan fingerprint density at radius 1 is 1.42 bits per heavy atom. The number of allylic oxidation sites excluding steroid dienone is 2. The molecule has 0 bridgehead atoms. The van der Waals surface area contributed by atoms with Gasteiger partial charge in [-0.3, -0.25) is 9.67 Å². The Balaban J connectivity index is 2.19. The monoisotopic (exact) mass is 458 g/mol. The molecule has 0 saturated carbocycles. The number of nitrogens with two attached hydrogens (primary N) is 1. The number of methoxy groups -OCH3 is 1. The zero-order valence-corrected chi connectivity index (χ0v) is 16.6. The van der Waals surface area contributed by atoms with Crippen molar-refractivity contribution in [1.29, 1.82) is 0 Å². The second-order valence-electron chi connectivity index (χ2n) is 5.18. The van der Waals surface area contributed by atoms with Crippen molar-refractivity contribution in [1.82, 2.24) is 9.78 Å². The summed E-state index contributed by atoms with van der Waals surface area (Å²) >= 11 is 8.16. The minimum Gasteiger partial charge on any atom is -0.497 e. The van der Waals surface area contributed by atoms with Crippen LogP contribution in [0.15, 0.2) is 47.1 Å². The third kappa shape index (κ3) is 5.52. The number of halogens is 2. The Hall–Kier alpha value is -1.54. The highest BCUT2D eigenvalue weighted by molar-refractivity contribution is 14.1. The van der Waals surface area contributed by atoms with E-state index < -0.39 is 0 Å². The molecule has 2 rings (SSSR count). The van der Waals surface area contributed by atoms with Crippen molar-refractivity contribution in [2.24, 2.45) is 10.7 Å². The van der Waals surface area contributed by atoms with Crippen molar-refractivity contribution >= 4 is 39.9 Å². The summed E-state index contributed by atoms with van der Waals surface area (Å²) in [5, 5.41) is 4.74. The maximum atomic E-state index is 5.98. The Bertz CT molecular complexity index is 738. The number of aliphatic imine (C=N–C) groups is 1. The van der Waals surface area contributed by atoms with Gasteiger partial charge < -0.3 is 10.5 Å². The van der Waals surface area contributed by atoms with E-state index in [1.807, 2.05) is 48.0 Å². The molecule has 0 saturated heterocycles. The van der Waals surface area contributed by atoms with Gasteiger partial charge in [-0.15, -0.1) is 0 Å². The molecular weight excluding hydrogens is 439 g/mol. The average Bonchev–Trinajstić information content (AvgIpc) is 2.90. The molecule has 0 spiro atoms. The molecule has 7 heteroatoms. The molecule has 0 atom stereocenters. The van der Waals surface area contributed by atoms with Crippen LogP contribution in [0.4, 0.5) is 0 Å². The van der Waals surface area contributed by atoms with Crippen LogP contribution in [0.2, 0.25) is 5.15 Å². The Morgan fingerprint density at radius 2 is 2.12 bits per heavy atom. The van der Waals surface area contributed by atoms with Crippen molar-refractivity contribution in [3.63, 3.8) is 0 Å². The number of benzene rings is 1. The van der Waals surface area contributed by atoms with Crippen LogP contribution in [0, 0.1) is 3.70 Å². The first-order valence-corrected chi connectivity index (χ1v) is 8.98. The molecule has 1 aromatic heterocycles. The van der Waals surface area contributed by atoms with Crippen LogP contribution in [-0.2, 0) is 13.1 Å². The molecule has 0 radical (unpaired) electrons. The molecule has 0 unspecified atom stereocenters. The van der Waals surface area contributed by atoms with Crippen LogP contribution < -0.4 is 10.5 Å². The minimum atomic E-state index is 0.473. The second-order valence-corrected chi connectivity index (χ2v) is 6.67. The third-order valence-corrected chi connectivity index (χ3v) is 4.45. The zero-order valence-electron chi connectivity index (χ0n) is 13.7. The van der Waals surface area contributed by atoms with E-state index in [9.17, 15) is 0 Å². The fraction of sp³-hybridized carbons (Fsp3) is 0.294. The van der Waals surface area contributed by atoms with E-state index >= 15 is 0 Å². The zero-order chi connectivity index (χ0) is 17.5. The van der Waals surface area contributed by atoms with Crippen LogP contribution in [-0.4, -0.2) is 22.6 Å². The summed E-state index contributed by atoms with van der Waals surface area (Å²) in [6.45, 7) is 3.11. The normalized spacial score (nSPS) is 12.5. The van der Waals surface area contributed by atoms with E-state index in [4.69, 9.17) is 27.1 Å². The molecule has 1 heterocycles. The highest BCUT2D eigenvalue weighted by Gasteiger charge is 2.07. The lowest BCUT2D eigenvalue weighted by Crippen LogP contribution is -2.13. The molecular formula is C17H20ClIN4O. The minimum absolute atomic E-state index is 0.473. The molecule has 2 N–H and O–H groups in total. The van der Waals surface area contributed by atoms with Crippen LogP contribution >= 0.6 is 34.2 Å². The predicted molar refractivity (Wildman–Crippen MR) is 107 cm³/mol. The SMILES string of the molecule is CCC(N)=CC(Cn1nc(Cl)cc1I)=NCc1ccc(OC)cc1. The summed E-state index contributed by atoms with van der Waals surface area (Å²) in [6, 6.07) is 9.67. The number of hydrogen-bond acceptors (Lipinski definition) is 4. The largest absolute Gasteiger partial charge is 0.497 e. The summed E-state index contributed by atoms with van der Waals surface area (Å²) in [7, 11) is 1.65. The third-order valence-electron chi connectivity index (χ3n) is 3.40. The first kappa shape index (κ1) is 18.8. The second kappa shape index (κ2) is 9.08. The quantitative estimate of drug-likeness (QED) is 0.503. The molecule has 128 valence electrons. The molecule has 1 aromatic carbocycles. The van der Waals surface area contributed by atoms with Gasteiger partial charge in [0.1, 0.15) is 9.45 Å². The van der Waals surface area contributed by atoms with E-state index in [0.717, 1.165) is 32.8 Å². The van der Waals surface area contributed by atoms with Gasteiger partial charge in [0.25, 0.3) is 0 Å². The van der Waals surface area contributed by atoms with E-state index in [-0.39, 0.29) is 0 Å². The van der Waals surface area contributed by atoms with Gasteiger partial charge in [0.2, 0.25) is 0 Å². The van der Waals surface area contributed by atoms with Crippen molar-refractivity contribution in [2.45, 2.75) is 26.4 Å². The van der Waals surface area contributed by atoms with Crippen LogP contribution in [0.3, 0.4) is 0 Å². The van der Waals surface area contributed by atoms with Crippen LogP contribution in [0.1, 0.15) is 18.9 Å². The molecule has 0 amide bonds. The molecule has 5 nitrogen and oxygen atoms in total. The van der Waals surface area contributed by atoms with Crippen molar-refractivity contribution in [3.05, 3.63) is 56.5 Å². The summed E-state index contributed by atoms with van der Waals surface area (Å²) in [6.07, 6.45) is 2.69. The molecule has 24 heavy (non-hydrogen) atoms. The number of rotatable bonds is 7. The molecule has 0 fully saturated rings. The van der Waals surface area contributed by atoms with Crippen LogP contribution in [0.5, 0.6) is 5.75 Å². The summed E-state index contributed by atoms with van der Waals surface area (Å²) < 4.78 is 7.94. The Labute approximate surface area is 160 Å². The Morgan fingerprint density at radius 3 is 2.67 bits per heavy atom. The van der Waals surface area contributed by atoms with E-state index in [1.54, 1.807) is 7.11 Å². The van der Waals surface area contributed by atoms with E-state index in [1.165, 1.54) is 0 Å². The van der Waals surface area contributed by atoms with Gasteiger partial charge in [0.05, 0.1) is 25.9 Å². The highest BCUT2D eigenvalue weighted by atomic mass is 127. The van der Waals surface area contributed by atoms with Gasteiger partial charge in [-0.1, -0.05) is 30.7 Å². The van der Waals surface area contributed by atoms with E-state index in [0.29, 0.717) is 18.2 Å².